The molecule has 0 radical (unpaired) electrons. The highest BCUT2D eigenvalue weighted by Gasteiger charge is 2.56. The van der Waals surface area contributed by atoms with Crippen LogP contribution in [0.4, 0.5) is 17.5 Å². The Kier molecular flexibility index (Phi) is 4.43. The van der Waals surface area contributed by atoms with Gasteiger partial charge in [-0.1, -0.05) is 18.2 Å². The first-order valence-electron chi connectivity index (χ1n) is 10.0. The SMILES string of the molecule is C=CC(=O)N1C[C@H](Nc2nc(Nc3cnn(CC)c3)nc3[nH]cc(Cl)c23)C2(CC2)C1. The molecule has 9 nitrogen and oxygen atoms in total. The molecule has 1 saturated carbocycles. The molecule has 10 heteroatoms. The molecule has 3 aromatic heterocycles. The van der Waals surface area contributed by atoms with Crippen LogP contribution in [-0.2, 0) is 11.3 Å². The van der Waals surface area contributed by atoms with Crippen LogP contribution >= 0.6 is 11.6 Å². The average Bonchev–Trinajstić information content (AvgIpc) is 3.05. The van der Waals surface area contributed by atoms with Crippen LogP contribution in [0.5, 0.6) is 0 Å². The van der Waals surface area contributed by atoms with Gasteiger partial charge < -0.3 is 20.5 Å². The van der Waals surface area contributed by atoms with Gasteiger partial charge in [0.1, 0.15) is 11.5 Å². The van der Waals surface area contributed by atoms with Crippen molar-refractivity contribution in [1.82, 2.24) is 29.6 Å². The molecule has 1 amide bonds. The van der Waals surface area contributed by atoms with E-state index >= 15 is 0 Å². The number of nitrogens with one attached hydrogen (secondary N) is 3. The molecule has 2 fully saturated rings. The number of aryl methyl sites for hydroxylation is 1. The molecular formula is C20H23ClN8O. The van der Waals surface area contributed by atoms with Crippen LogP contribution in [0, 0.1) is 5.41 Å². The van der Waals surface area contributed by atoms with E-state index in [2.05, 4.69) is 32.3 Å². The first-order chi connectivity index (χ1) is 14.5. The maximum atomic E-state index is 12.1. The van der Waals surface area contributed by atoms with Gasteiger partial charge in [-0.05, 0) is 25.8 Å². The van der Waals surface area contributed by atoms with Crippen LogP contribution in [0.15, 0.2) is 31.2 Å². The Morgan fingerprint density at radius 2 is 2.30 bits per heavy atom. The van der Waals surface area contributed by atoms with Crippen molar-refractivity contribution in [3.05, 3.63) is 36.3 Å². The molecule has 1 aliphatic carbocycles. The molecule has 1 saturated heterocycles. The molecule has 2 aliphatic rings. The quantitative estimate of drug-likeness (QED) is 0.523. The number of nitrogens with zero attached hydrogens (tertiary/aromatic N) is 5. The predicted octanol–water partition coefficient (Wildman–Crippen LogP) is 3.16. The summed E-state index contributed by atoms with van der Waals surface area (Å²) < 4.78 is 1.83. The van der Waals surface area contributed by atoms with Crippen LogP contribution in [0.1, 0.15) is 19.8 Å². The van der Waals surface area contributed by atoms with E-state index in [0.29, 0.717) is 29.0 Å². The van der Waals surface area contributed by atoms with Crippen molar-refractivity contribution in [1.29, 1.82) is 0 Å². The van der Waals surface area contributed by atoms with Crippen LogP contribution < -0.4 is 10.6 Å². The van der Waals surface area contributed by atoms with Crippen LogP contribution in [0.2, 0.25) is 5.02 Å². The number of aromatic nitrogens is 5. The number of anilines is 3. The van der Waals surface area contributed by atoms with Gasteiger partial charge in [-0.2, -0.15) is 15.1 Å². The van der Waals surface area contributed by atoms with Gasteiger partial charge in [-0.15, -0.1) is 0 Å². The summed E-state index contributed by atoms with van der Waals surface area (Å²) in [7, 11) is 0. The van der Waals surface area contributed by atoms with Gasteiger partial charge in [0, 0.05) is 37.4 Å². The second kappa shape index (κ2) is 7.02. The number of rotatable bonds is 6. The van der Waals surface area contributed by atoms with Crippen molar-refractivity contribution >= 4 is 46.0 Å². The van der Waals surface area contributed by atoms with E-state index in [1.165, 1.54) is 6.08 Å². The highest BCUT2D eigenvalue weighted by atomic mass is 35.5. The number of hydrogen-bond acceptors (Lipinski definition) is 6. The Morgan fingerprint density at radius 1 is 1.47 bits per heavy atom. The molecule has 1 spiro atoms. The molecule has 3 N–H and O–H groups in total. The topological polar surface area (TPSA) is 104 Å². The summed E-state index contributed by atoms with van der Waals surface area (Å²) in [6, 6.07) is 0.0983. The van der Waals surface area contributed by atoms with Crippen molar-refractivity contribution < 1.29 is 4.79 Å². The fourth-order valence-electron chi connectivity index (χ4n) is 4.18. The molecule has 0 unspecified atom stereocenters. The number of amides is 1. The number of halogens is 1. The molecule has 0 aromatic carbocycles. The Bertz CT molecular complexity index is 1130. The number of fused-ring (bicyclic) bond motifs is 1. The van der Waals surface area contributed by atoms with Crippen molar-refractivity contribution in [2.24, 2.45) is 5.41 Å². The van der Waals surface area contributed by atoms with Crippen molar-refractivity contribution in [3.63, 3.8) is 0 Å². The largest absolute Gasteiger partial charge is 0.364 e. The van der Waals surface area contributed by atoms with Crippen LogP contribution in [-0.4, -0.2) is 54.7 Å². The third-order valence-corrected chi connectivity index (χ3v) is 6.33. The molecule has 4 heterocycles. The van der Waals surface area contributed by atoms with E-state index in [9.17, 15) is 4.79 Å². The van der Waals surface area contributed by atoms with E-state index in [1.807, 2.05) is 22.7 Å². The smallest absolute Gasteiger partial charge is 0.246 e. The van der Waals surface area contributed by atoms with E-state index in [-0.39, 0.29) is 17.4 Å². The second-order valence-corrected chi connectivity index (χ2v) is 8.36. The molecule has 5 rings (SSSR count). The lowest BCUT2D eigenvalue weighted by Gasteiger charge is -2.20. The number of hydrogen-bond donors (Lipinski definition) is 3. The Labute approximate surface area is 178 Å². The molecular weight excluding hydrogens is 404 g/mol. The number of H-pyrrole nitrogens is 1. The summed E-state index contributed by atoms with van der Waals surface area (Å²) in [5, 5.41) is 12.4. The fourth-order valence-corrected chi connectivity index (χ4v) is 4.42. The van der Waals surface area contributed by atoms with E-state index < -0.39 is 0 Å². The summed E-state index contributed by atoms with van der Waals surface area (Å²) in [5.41, 5.74) is 1.54. The highest BCUT2D eigenvalue weighted by Crippen LogP contribution is 2.54. The van der Waals surface area contributed by atoms with Gasteiger partial charge in [0.25, 0.3) is 0 Å². The van der Waals surface area contributed by atoms with Gasteiger partial charge in [0.15, 0.2) is 0 Å². The number of carbonyl (C=O) groups is 1. The fraction of sp³-hybridized carbons (Fsp3) is 0.400. The van der Waals surface area contributed by atoms with E-state index in [4.69, 9.17) is 16.6 Å². The maximum Gasteiger partial charge on any atom is 0.246 e. The molecule has 30 heavy (non-hydrogen) atoms. The summed E-state index contributed by atoms with van der Waals surface area (Å²) in [5.74, 6) is 1.07. The molecule has 1 aliphatic heterocycles. The highest BCUT2D eigenvalue weighted by molar-refractivity contribution is 6.36. The van der Waals surface area contributed by atoms with Crippen molar-refractivity contribution in [2.45, 2.75) is 32.4 Å². The van der Waals surface area contributed by atoms with Crippen LogP contribution in [0.25, 0.3) is 11.0 Å². The maximum absolute atomic E-state index is 12.1. The first kappa shape index (κ1) is 18.9. The van der Waals surface area contributed by atoms with Gasteiger partial charge in [-0.3, -0.25) is 9.48 Å². The van der Waals surface area contributed by atoms with Crippen molar-refractivity contribution in [2.75, 3.05) is 23.7 Å². The lowest BCUT2D eigenvalue weighted by atomic mass is 10.0. The minimum Gasteiger partial charge on any atom is -0.364 e. The van der Waals surface area contributed by atoms with Gasteiger partial charge >= 0.3 is 0 Å². The van der Waals surface area contributed by atoms with Crippen LogP contribution in [0.3, 0.4) is 0 Å². The van der Waals surface area contributed by atoms with E-state index in [0.717, 1.165) is 37.0 Å². The Morgan fingerprint density at radius 3 is 3.00 bits per heavy atom. The number of carbonyl (C=O) groups excluding carboxylic acids is 1. The average molecular weight is 427 g/mol. The summed E-state index contributed by atoms with van der Waals surface area (Å²) in [6.07, 6.45) is 8.89. The summed E-state index contributed by atoms with van der Waals surface area (Å²) >= 11 is 6.42. The Hall–Kier alpha value is -3.07. The normalized spacial score (nSPS) is 19.4. The zero-order valence-electron chi connectivity index (χ0n) is 16.7. The second-order valence-electron chi connectivity index (χ2n) is 7.95. The molecule has 1 atom stereocenters. The summed E-state index contributed by atoms with van der Waals surface area (Å²) in [6.45, 7) is 7.78. The third-order valence-electron chi connectivity index (χ3n) is 6.03. The van der Waals surface area contributed by atoms with Gasteiger partial charge in [-0.25, -0.2) is 0 Å². The molecule has 3 aromatic rings. The van der Waals surface area contributed by atoms with Gasteiger partial charge in [0.2, 0.25) is 11.9 Å². The Balaban J connectivity index is 1.46. The third kappa shape index (κ3) is 3.19. The molecule has 0 bridgehead atoms. The molecule has 156 valence electrons. The first-order valence-corrected chi connectivity index (χ1v) is 10.4. The monoisotopic (exact) mass is 426 g/mol. The standard InChI is InChI=1S/C20H23ClN8O/c1-3-15(30)28-10-14(20(11-28)5-6-20)25-18-16-13(21)8-22-17(16)26-19(27-18)24-12-7-23-29(4-2)9-12/h3,7-9,14H,1,4-6,10-11H2,2H3,(H3,22,24,25,26,27)/t14-/m0/s1. The number of likely N-dealkylation sites (tertiary alicyclic amines) is 1. The zero-order chi connectivity index (χ0) is 20.9. The van der Waals surface area contributed by atoms with Crippen molar-refractivity contribution in [3.8, 4) is 0 Å². The summed E-state index contributed by atoms with van der Waals surface area (Å²) in [4.78, 5) is 26.4. The zero-order valence-corrected chi connectivity index (χ0v) is 17.4. The predicted molar refractivity (Wildman–Crippen MR) is 116 cm³/mol. The number of aromatic amines is 1. The lowest BCUT2D eigenvalue weighted by Crippen LogP contribution is -2.31. The lowest BCUT2D eigenvalue weighted by molar-refractivity contribution is -0.125. The minimum absolute atomic E-state index is 0.0339. The van der Waals surface area contributed by atoms with E-state index in [1.54, 1.807) is 12.4 Å². The minimum atomic E-state index is -0.0339. The van der Waals surface area contributed by atoms with Gasteiger partial charge in [0.05, 0.1) is 28.3 Å².